The van der Waals surface area contributed by atoms with Crippen molar-refractivity contribution in [1.82, 2.24) is 0 Å². The molecular formula is C12H17BrClNO. The van der Waals surface area contributed by atoms with Crippen LogP contribution in [0.15, 0.2) is 16.6 Å². The zero-order valence-electron chi connectivity index (χ0n) is 9.59. The van der Waals surface area contributed by atoms with Crippen molar-refractivity contribution in [2.24, 2.45) is 5.92 Å². The molecule has 16 heavy (non-hydrogen) atoms. The lowest BCUT2D eigenvalue weighted by atomic mass is 10.1. The largest absolute Gasteiger partial charge is 0.490 e. The maximum absolute atomic E-state index is 5.86. The van der Waals surface area contributed by atoms with E-state index < -0.39 is 0 Å². The fourth-order valence-corrected chi connectivity index (χ4v) is 2.35. The molecule has 0 aromatic heterocycles. The highest BCUT2D eigenvalue weighted by Crippen LogP contribution is 2.34. The van der Waals surface area contributed by atoms with Gasteiger partial charge in [-0.15, -0.1) is 0 Å². The van der Waals surface area contributed by atoms with E-state index in [2.05, 4.69) is 29.8 Å². The van der Waals surface area contributed by atoms with Crippen molar-refractivity contribution in [2.75, 3.05) is 12.3 Å². The van der Waals surface area contributed by atoms with Gasteiger partial charge in [0.2, 0.25) is 0 Å². The Labute approximate surface area is 110 Å². The number of hydrogen-bond acceptors (Lipinski definition) is 2. The zero-order chi connectivity index (χ0) is 12.1. The van der Waals surface area contributed by atoms with Crippen LogP contribution in [0, 0.1) is 5.92 Å². The van der Waals surface area contributed by atoms with Gasteiger partial charge in [-0.2, -0.15) is 0 Å². The van der Waals surface area contributed by atoms with Crippen LogP contribution in [0.1, 0.15) is 26.7 Å². The summed E-state index contributed by atoms with van der Waals surface area (Å²) in [5, 5.41) is 0.610. The molecule has 0 aliphatic rings. The number of benzene rings is 1. The second-order valence-electron chi connectivity index (χ2n) is 4.19. The van der Waals surface area contributed by atoms with Crippen molar-refractivity contribution in [2.45, 2.75) is 26.7 Å². The molecule has 1 aromatic carbocycles. The highest BCUT2D eigenvalue weighted by Gasteiger charge is 2.07. The third-order valence-electron chi connectivity index (χ3n) is 2.21. The molecule has 0 saturated heterocycles. The second-order valence-corrected chi connectivity index (χ2v) is 5.48. The number of anilines is 1. The molecule has 0 heterocycles. The minimum atomic E-state index is 0.573. The monoisotopic (exact) mass is 305 g/mol. The number of ether oxygens (including phenoxy) is 1. The molecule has 0 saturated carbocycles. The van der Waals surface area contributed by atoms with Gasteiger partial charge in [0.15, 0.2) is 5.75 Å². The van der Waals surface area contributed by atoms with Crippen molar-refractivity contribution in [3.8, 4) is 5.75 Å². The lowest BCUT2D eigenvalue weighted by Crippen LogP contribution is -2.02. The summed E-state index contributed by atoms with van der Waals surface area (Å²) >= 11 is 9.25. The summed E-state index contributed by atoms with van der Waals surface area (Å²) < 4.78 is 6.45. The normalized spacial score (nSPS) is 10.8. The minimum absolute atomic E-state index is 0.573. The van der Waals surface area contributed by atoms with E-state index in [1.165, 1.54) is 0 Å². The molecule has 0 aliphatic carbocycles. The first-order valence-corrected chi connectivity index (χ1v) is 6.55. The summed E-state index contributed by atoms with van der Waals surface area (Å²) in [6.07, 6.45) is 2.19. The lowest BCUT2D eigenvalue weighted by molar-refractivity contribution is 0.297. The van der Waals surface area contributed by atoms with Gasteiger partial charge in [0.25, 0.3) is 0 Å². The Morgan fingerprint density at radius 3 is 2.69 bits per heavy atom. The quantitative estimate of drug-likeness (QED) is 0.642. The smallest absolute Gasteiger partial charge is 0.156 e. The first-order chi connectivity index (χ1) is 7.50. The summed E-state index contributed by atoms with van der Waals surface area (Å²) in [6, 6.07) is 3.49. The van der Waals surface area contributed by atoms with E-state index in [9.17, 15) is 0 Å². The molecule has 90 valence electrons. The molecule has 0 bridgehead atoms. The van der Waals surface area contributed by atoms with E-state index >= 15 is 0 Å². The van der Waals surface area contributed by atoms with Crippen LogP contribution in [0.25, 0.3) is 0 Å². The Bertz CT molecular complexity index is 332. The van der Waals surface area contributed by atoms with E-state index in [0.717, 1.165) is 17.3 Å². The Morgan fingerprint density at radius 2 is 2.12 bits per heavy atom. The topological polar surface area (TPSA) is 35.2 Å². The molecule has 1 rings (SSSR count). The van der Waals surface area contributed by atoms with E-state index in [-0.39, 0.29) is 0 Å². The van der Waals surface area contributed by atoms with Crippen LogP contribution < -0.4 is 10.5 Å². The maximum Gasteiger partial charge on any atom is 0.156 e. The Kier molecular flexibility index (Phi) is 5.42. The van der Waals surface area contributed by atoms with Crippen LogP contribution >= 0.6 is 27.5 Å². The first-order valence-electron chi connectivity index (χ1n) is 5.38. The van der Waals surface area contributed by atoms with Crippen LogP contribution in [-0.4, -0.2) is 6.61 Å². The van der Waals surface area contributed by atoms with Crippen molar-refractivity contribution >= 4 is 33.2 Å². The predicted molar refractivity (Wildman–Crippen MR) is 73.1 cm³/mol. The molecule has 2 nitrogen and oxygen atoms in total. The number of nitrogen functional groups attached to an aromatic ring is 1. The van der Waals surface area contributed by atoms with E-state index in [1.54, 1.807) is 12.1 Å². The number of nitrogens with two attached hydrogens (primary N) is 1. The summed E-state index contributed by atoms with van der Waals surface area (Å²) in [5.41, 5.74) is 6.40. The van der Waals surface area contributed by atoms with Gasteiger partial charge in [0.05, 0.1) is 16.8 Å². The lowest BCUT2D eigenvalue weighted by Gasteiger charge is -2.12. The molecule has 0 unspecified atom stereocenters. The van der Waals surface area contributed by atoms with E-state index in [1.807, 2.05) is 0 Å². The Hall–Kier alpha value is -0.410. The molecule has 0 spiro atoms. The highest BCUT2D eigenvalue weighted by molar-refractivity contribution is 9.10. The van der Waals surface area contributed by atoms with Gasteiger partial charge < -0.3 is 10.5 Å². The van der Waals surface area contributed by atoms with Gasteiger partial charge in [-0.3, -0.25) is 0 Å². The zero-order valence-corrected chi connectivity index (χ0v) is 11.9. The fraction of sp³-hybridized carbons (Fsp3) is 0.500. The van der Waals surface area contributed by atoms with Crippen LogP contribution in [0.4, 0.5) is 5.69 Å². The Morgan fingerprint density at radius 1 is 1.44 bits per heavy atom. The highest BCUT2D eigenvalue weighted by atomic mass is 79.9. The van der Waals surface area contributed by atoms with Gasteiger partial charge in [-0.1, -0.05) is 25.4 Å². The molecule has 0 atom stereocenters. The molecular weight excluding hydrogens is 289 g/mol. The van der Waals surface area contributed by atoms with Gasteiger partial charge >= 0.3 is 0 Å². The fourth-order valence-electron chi connectivity index (χ4n) is 1.40. The molecule has 0 amide bonds. The van der Waals surface area contributed by atoms with Gasteiger partial charge in [0, 0.05) is 5.02 Å². The van der Waals surface area contributed by atoms with Crippen LogP contribution in [0.3, 0.4) is 0 Å². The number of rotatable bonds is 5. The third kappa shape index (κ3) is 4.22. The summed E-state index contributed by atoms with van der Waals surface area (Å²) in [7, 11) is 0. The molecule has 1 aromatic rings. The average Bonchev–Trinajstić information content (AvgIpc) is 2.14. The van der Waals surface area contributed by atoms with E-state index in [4.69, 9.17) is 22.1 Å². The second kappa shape index (κ2) is 6.36. The summed E-state index contributed by atoms with van der Waals surface area (Å²) in [6.45, 7) is 5.09. The van der Waals surface area contributed by atoms with Gasteiger partial charge in [0.1, 0.15) is 0 Å². The van der Waals surface area contributed by atoms with Crippen LogP contribution in [0.5, 0.6) is 5.75 Å². The van der Waals surface area contributed by atoms with E-state index in [0.29, 0.717) is 29.0 Å². The van der Waals surface area contributed by atoms with Gasteiger partial charge in [-0.25, -0.2) is 0 Å². The van der Waals surface area contributed by atoms with Crippen LogP contribution in [0.2, 0.25) is 5.02 Å². The predicted octanol–water partition coefficient (Wildman–Crippen LogP) is 4.50. The number of hydrogen-bond donors (Lipinski definition) is 1. The molecule has 4 heteroatoms. The minimum Gasteiger partial charge on any atom is -0.490 e. The first kappa shape index (κ1) is 13.7. The average molecular weight is 307 g/mol. The SMILES string of the molecule is CC(C)CCCOc1c(N)cc(Cl)cc1Br. The van der Waals surface area contributed by atoms with Crippen molar-refractivity contribution in [1.29, 1.82) is 0 Å². The van der Waals surface area contributed by atoms with Crippen molar-refractivity contribution in [3.05, 3.63) is 21.6 Å². The van der Waals surface area contributed by atoms with Gasteiger partial charge in [-0.05, 0) is 46.8 Å². The third-order valence-corrected chi connectivity index (χ3v) is 3.02. The molecule has 2 N–H and O–H groups in total. The maximum atomic E-state index is 5.86. The standard InChI is InChI=1S/C12H17BrClNO/c1-8(2)4-3-5-16-12-10(13)6-9(14)7-11(12)15/h6-8H,3-5,15H2,1-2H3. The summed E-state index contributed by atoms with van der Waals surface area (Å²) in [4.78, 5) is 0. The molecule has 0 aliphatic heterocycles. The van der Waals surface area contributed by atoms with Crippen molar-refractivity contribution in [3.63, 3.8) is 0 Å². The van der Waals surface area contributed by atoms with Crippen LogP contribution in [-0.2, 0) is 0 Å². The Balaban J connectivity index is 2.54. The molecule has 0 radical (unpaired) electrons. The summed E-state index contributed by atoms with van der Waals surface area (Å²) in [5.74, 6) is 1.39. The number of halogens is 2. The molecule has 0 fully saturated rings. The van der Waals surface area contributed by atoms with Crippen molar-refractivity contribution < 1.29 is 4.74 Å².